The molecule has 0 radical (unpaired) electrons. The van der Waals surface area contributed by atoms with Crippen molar-refractivity contribution in [3.05, 3.63) is 23.8 Å². The van der Waals surface area contributed by atoms with Crippen molar-refractivity contribution in [2.75, 3.05) is 0 Å². The second kappa shape index (κ2) is 4.71. The molecule has 0 amide bonds. The van der Waals surface area contributed by atoms with Gasteiger partial charge in [-0.25, -0.2) is 0 Å². The summed E-state index contributed by atoms with van der Waals surface area (Å²) in [4.78, 5) is 0. The Bertz CT molecular complexity index is 249. The molecule has 74 valence electrons. The minimum absolute atomic E-state index is 0.245. The molecule has 1 aliphatic carbocycles. The molecule has 0 aromatic carbocycles. The molecule has 1 nitrogen and oxygen atoms in total. The fourth-order valence-electron chi connectivity index (χ4n) is 2.55. The Morgan fingerprint density at radius 3 is 2.50 bits per heavy atom. The standard InChI is InChI=1S/C12H20N.Li/c1-4-12(5-2)7-6-10(3)8-11(12)9-13;/h6-9,11H,4-5,13H2,1-3H3;. The quantitative estimate of drug-likeness (QED) is 0.671. The molecule has 0 aliphatic heterocycles. The Morgan fingerprint density at radius 1 is 1.50 bits per heavy atom. The predicted octanol–water partition coefficient (Wildman–Crippen LogP) is 2.38. The Hall–Kier alpha value is 0.0374. The van der Waals surface area contributed by atoms with Gasteiger partial charge in [-0.05, 0) is 0 Å². The average Bonchev–Trinajstić information content (AvgIpc) is 2.18. The van der Waals surface area contributed by atoms with Gasteiger partial charge < -0.3 is 0 Å². The normalized spacial score (nSPS) is 27.3. The molecule has 0 spiro atoms. The first-order chi connectivity index (χ1) is 6.55. The van der Waals surface area contributed by atoms with Gasteiger partial charge in [-0.1, -0.05) is 0 Å². The fourth-order valence-corrected chi connectivity index (χ4v) is 2.55. The maximum atomic E-state index is 6.08. The molecule has 1 rings (SSSR count). The molecule has 0 saturated heterocycles. The van der Waals surface area contributed by atoms with Crippen LogP contribution in [0, 0.1) is 11.3 Å². The van der Waals surface area contributed by atoms with Crippen molar-refractivity contribution in [3.63, 3.8) is 0 Å². The van der Waals surface area contributed by atoms with Crippen LogP contribution < -0.4 is 5.73 Å². The molecule has 0 aromatic rings. The van der Waals surface area contributed by atoms with Gasteiger partial charge in [-0.3, -0.25) is 0 Å². The van der Waals surface area contributed by atoms with E-state index >= 15 is 0 Å². The zero-order chi connectivity index (χ0) is 10.8. The van der Waals surface area contributed by atoms with Crippen molar-refractivity contribution >= 4 is 17.7 Å². The summed E-state index contributed by atoms with van der Waals surface area (Å²) in [7, 11) is 0. The van der Waals surface area contributed by atoms with Crippen LogP contribution in [0.5, 0.6) is 0 Å². The third-order valence-corrected chi connectivity index (χ3v) is 3.67. The van der Waals surface area contributed by atoms with Crippen molar-refractivity contribution < 1.29 is 0 Å². The predicted molar refractivity (Wildman–Crippen MR) is 63.1 cm³/mol. The van der Waals surface area contributed by atoms with Gasteiger partial charge in [-0.2, -0.15) is 0 Å². The van der Waals surface area contributed by atoms with Crippen molar-refractivity contribution in [1.29, 1.82) is 0 Å². The van der Waals surface area contributed by atoms with Gasteiger partial charge in [0.25, 0.3) is 0 Å². The number of hydrogen-bond donors (Lipinski definition) is 1. The van der Waals surface area contributed by atoms with Crippen molar-refractivity contribution in [3.8, 4) is 0 Å². The molecule has 14 heavy (non-hydrogen) atoms. The van der Waals surface area contributed by atoms with E-state index in [0.29, 0.717) is 11.3 Å². The van der Waals surface area contributed by atoms with Crippen LogP contribution >= 0.6 is 0 Å². The summed E-state index contributed by atoms with van der Waals surface area (Å²) in [5, 5.41) is 0. The van der Waals surface area contributed by atoms with E-state index in [-0.39, 0.29) is 4.71 Å². The van der Waals surface area contributed by atoms with Crippen molar-refractivity contribution in [2.45, 2.75) is 38.3 Å². The first-order valence-electron chi connectivity index (χ1n) is 5.69. The van der Waals surface area contributed by atoms with Crippen LogP contribution in [0.25, 0.3) is 0 Å². The van der Waals surface area contributed by atoms with E-state index in [4.69, 9.17) is 5.73 Å². The van der Waals surface area contributed by atoms with Crippen molar-refractivity contribution in [1.82, 2.24) is 0 Å². The minimum atomic E-state index is 0.245. The number of rotatable bonds is 3. The van der Waals surface area contributed by atoms with E-state index in [2.05, 4.69) is 56.7 Å². The molecule has 2 heteroatoms. The third kappa shape index (κ3) is 2.16. The molecule has 0 bridgehead atoms. The third-order valence-electron chi connectivity index (χ3n) is 3.67. The van der Waals surface area contributed by atoms with Crippen LogP contribution in [0.3, 0.4) is 0 Å². The first-order valence-corrected chi connectivity index (χ1v) is 5.69. The van der Waals surface area contributed by atoms with E-state index in [9.17, 15) is 0 Å². The van der Waals surface area contributed by atoms with Gasteiger partial charge in [0.15, 0.2) is 0 Å². The van der Waals surface area contributed by atoms with Gasteiger partial charge >= 0.3 is 96.9 Å². The topological polar surface area (TPSA) is 26.0 Å². The molecule has 0 heterocycles. The maximum absolute atomic E-state index is 6.08. The summed E-state index contributed by atoms with van der Waals surface area (Å²) in [6.45, 7) is 6.68. The zero-order valence-electron chi connectivity index (χ0n) is 9.88. The van der Waals surface area contributed by atoms with E-state index in [0.717, 1.165) is 0 Å². The van der Waals surface area contributed by atoms with E-state index in [1.54, 1.807) is 0 Å². The van der Waals surface area contributed by atoms with Crippen LogP contribution in [0.4, 0.5) is 0 Å². The van der Waals surface area contributed by atoms with Crippen molar-refractivity contribution in [2.24, 2.45) is 17.1 Å². The zero-order valence-corrected chi connectivity index (χ0v) is 9.88. The van der Waals surface area contributed by atoms with Gasteiger partial charge in [0.05, 0.1) is 0 Å². The Labute approximate surface area is 97.0 Å². The second-order valence-electron chi connectivity index (χ2n) is 4.57. The van der Waals surface area contributed by atoms with Gasteiger partial charge in [0.2, 0.25) is 0 Å². The van der Waals surface area contributed by atoms with Crippen LogP contribution in [0.2, 0.25) is 0 Å². The van der Waals surface area contributed by atoms with Crippen LogP contribution in [-0.4, -0.2) is 22.4 Å². The van der Waals surface area contributed by atoms with Crippen LogP contribution in [0.1, 0.15) is 33.6 Å². The second-order valence-corrected chi connectivity index (χ2v) is 4.57. The number of nitrogens with two attached hydrogens (primary N) is 1. The summed E-state index contributed by atoms with van der Waals surface area (Å²) >= 11 is 2.12. The summed E-state index contributed by atoms with van der Waals surface area (Å²) in [6, 6.07) is 0. The Morgan fingerprint density at radius 2 is 2.07 bits per heavy atom. The summed E-state index contributed by atoms with van der Waals surface area (Å²) in [5.41, 5.74) is 7.73. The van der Waals surface area contributed by atoms with Crippen LogP contribution in [-0.2, 0) is 0 Å². The molecule has 0 fully saturated rings. The van der Waals surface area contributed by atoms with Crippen LogP contribution in [0.15, 0.2) is 23.8 Å². The number of allylic oxidation sites excluding steroid dienone is 3. The molecule has 2 unspecified atom stereocenters. The van der Waals surface area contributed by atoms with E-state index < -0.39 is 0 Å². The number of hydrogen-bond acceptors (Lipinski definition) is 1. The molecular formula is C12H20LiN. The summed E-state index contributed by atoms with van der Waals surface area (Å²) < 4.78 is 0.245. The Kier molecular flexibility index (Phi) is 4.07. The van der Waals surface area contributed by atoms with E-state index in [1.807, 2.05) is 0 Å². The summed E-state index contributed by atoms with van der Waals surface area (Å²) in [6.07, 6.45) is 9.31. The Balaban J connectivity index is 3.01. The molecule has 1 aliphatic rings. The molecule has 2 atom stereocenters. The SMILES string of the molecule is [Li][CH](N)C1C=C(C)C=CC1(CC)CC. The van der Waals surface area contributed by atoms with E-state index in [1.165, 1.54) is 18.4 Å². The van der Waals surface area contributed by atoms with Gasteiger partial charge in [0.1, 0.15) is 0 Å². The monoisotopic (exact) mass is 185 g/mol. The fraction of sp³-hybridized carbons (Fsp3) is 0.667. The molecule has 0 aromatic heterocycles. The molecule has 0 saturated carbocycles. The van der Waals surface area contributed by atoms with Gasteiger partial charge in [0, 0.05) is 0 Å². The first kappa shape index (κ1) is 12.1. The molecular weight excluding hydrogens is 165 g/mol. The molecule has 2 N–H and O–H groups in total. The van der Waals surface area contributed by atoms with Gasteiger partial charge in [-0.15, -0.1) is 0 Å². The average molecular weight is 185 g/mol. The summed E-state index contributed by atoms with van der Waals surface area (Å²) in [5.74, 6) is 0.502.